The molecule has 1 unspecified atom stereocenters. The van der Waals surface area contributed by atoms with Crippen LogP contribution in [0.15, 0.2) is 69.6 Å². The molecule has 2 heterocycles. The molecule has 7 nitrogen and oxygen atoms in total. The number of methoxy groups -OCH3 is 1. The van der Waals surface area contributed by atoms with Crippen molar-refractivity contribution in [2.75, 3.05) is 13.7 Å². The summed E-state index contributed by atoms with van der Waals surface area (Å²) >= 11 is 1.25. The lowest BCUT2D eigenvalue weighted by atomic mass is 9.96. The number of carbonyl (C=O) groups excluding carboxylic acids is 1. The number of carbonyl (C=O) groups is 1. The number of allylic oxidation sites excluding steroid dienone is 1. The van der Waals surface area contributed by atoms with Gasteiger partial charge in [0, 0.05) is 0 Å². The molecule has 2 aromatic carbocycles. The van der Waals surface area contributed by atoms with Crippen LogP contribution in [0.3, 0.4) is 0 Å². The lowest BCUT2D eigenvalue weighted by molar-refractivity contribution is -0.139. The van der Waals surface area contributed by atoms with Gasteiger partial charge in [0.25, 0.3) is 5.56 Å². The maximum absolute atomic E-state index is 13.5. The quantitative estimate of drug-likeness (QED) is 0.604. The number of esters is 1. The first-order valence-corrected chi connectivity index (χ1v) is 10.9. The van der Waals surface area contributed by atoms with Gasteiger partial charge >= 0.3 is 5.97 Å². The van der Waals surface area contributed by atoms with Gasteiger partial charge in [-0.25, -0.2) is 9.79 Å². The van der Waals surface area contributed by atoms with Crippen molar-refractivity contribution in [2.45, 2.75) is 19.9 Å². The van der Waals surface area contributed by atoms with Gasteiger partial charge in [-0.15, -0.1) is 0 Å². The fourth-order valence-corrected chi connectivity index (χ4v) is 4.66. The van der Waals surface area contributed by atoms with Gasteiger partial charge in [0.15, 0.2) is 4.80 Å². The molecule has 4 rings (SSSR count). The molecule has 1 atom stereocenters. The van der Waals surface area contributed by atoms with E-state index >= 15 is 0 Å². The van der Waals surface area contributed by atoms with Crippen LogP contribution in [0.4, 0.5) is 0 Å². The van der Waals surface area contributed by atoms with Crippen LogP contribution in [0.25, 0.3) is 6.08 Å². The van der Waals surface area contributed by atoms with E-state index in [1.807, 2.05) is 12.1 Å². The van der Waals surface area contributed by atoms with E-state index in [2.05, 4.69) is 4.99 Å². The molecule has 164 valence electrons. The molecular weight excluding hydrogens is 428 g/mol. The predicted molar refractivity (Wildman–Crippen MR) is 121 cm³/mol. The van der Waals surface area contributed by atoms with E-state index in [9.17, 15) is 14.7 Å². The molecule has 8 heteroatoms. The molecule has 0 saturated heterocycles. The molecule has 0 spiro atoms. The Hall–Kier alpha value is -3.65. The second-order valence-electron chi connectivity index (χ2n) is 7.17. The minimum Gasteiger partial charge on any atom is -0.508 e. The summed E-state index contributed by atoms with van der Waals surface area (Å²) in [7, 11) is 1.58. The monoisotopic (exact) mass is 450 g/mol. The van der Waals surface area contributed by atoms with Gasteiger partial charge in [-0.3, -0.25) is 9.36 Å². The SMILES string of the molecule is CCOC(=O)C1=C(C)N=c2sc(=Cc3ccc(O)cc3)c(=O)n2C1c1ccc(OC)cc1. The summed E-state index contributed by atoms with van der Waals surface area (Å²) in [5, 5.41) is 9.51. The van der Waals surface area contributed by atoms with Crippen LogP contribution in [0.5, 0.6) is 11.5 Å². The Morgan fingerprint density at radius 2 is 1.88 bits per heavy atom. The van der Waals surface area contributed by atoms with Crippen molar-refractivity contribution in [1.29, 1.82) is 0 Å². The van der Waals surface area contributed by atoms with Crippen LogP contribution in [0, 0.1) is 0 Å². The number of benzene rings is 2. The summed E-state index contributed by atoms with van der Waals surface area (Å²) < 4.78 is 12.6. The average molecular weight is 451 g/mol. The second-order valence-corrected chi connectivity index (χ2v) is 8.18. The van der Waals surface area contributed by atoms with Crippen LogP contribution < -0.4 is 19.6 Å². The molecule has 1 aliphatic heterocycles. The van der Waals surface area contributed by atoms with E-state index in [0.29, 0.717) is 26.4 Å². The standard InChI is InChI=1S/C24H22N2O5S/c1-4-31-23(29)20-14(2)25-24-26(21(20)16-7-11-18(30-3)12-8-16)22(28)19(32-24)13-15-5-9-17(27)10-6-15/h5-13,21,27H,4H2,1-3H3. The molecule has 0 amide bonds. The topological polar surface area (TPSA) is 90.1 Å². The summed E-state index contributed by atoms with van der Waals surface area (Å²) in [6.45, 7) is 3.71. The molecule has 3 aromatic rings. The number of aromatic nitrogens is 1. The highest BCUT2D eigenvalue weighted by Gasteiger charge is 2.33. The number of thiazole rings is 1. The van der Waals surface area contributed by atoms with Crippen molar-refractivity contribution in [3.63, 3.8) is 0 Å². The maximum Gasteiger partial charge on any atom is 0.338 e. The molecule has 0 fully saturated rings. The molecule has 1 aliphatic rings. The Morgan fingerprint density at radius 3 is 2.50 bits per heavy atom. The highest BCUT2D eigenvalue weighted by Crippen LogP contribution is 2.31. The number of nitrogens with zero attached hydrogens (tertiary/aromatic N) is 2. The van der Waals surface area contributed by atoms with Gasteiger partial charge in [0.1, 0.15) is 11.5 Å². The predicted octanol–water partition coefficient (Wildman–Crippen LogP) is 2.51. The van der Waals surface area contributed by atoms with Gasteiger partial charge in [-0.2, -0.15) is 0 Å². The van der Waals surface area contributed by atoms with Crippen LogP contribution in [0.1, 0.15) is 31.0 Å². The zero-order valence-corrected chi connectivity index (χ0v) is 18.7. The largest absolute Gasteiger partial charge is 0.508 e. The molecule has 1 N–H and O–H groups in total. The number of ether oxygens (including phenoxy) is 2. The van der Waals surface area contributed by atoms with E-state index in [-0.39, 0.29) is 17.9 Å². The Bertz CT molecular complexity index is 1370. The van der Waals surface area contributed by atoms with Crippen LogP contribution in [-0.4, -0.2) is 29.4 Å². The average Bonchev–Trinajstić information content (AvgIpc) is 3.09. The lowest BCUT2D eigenvalue weighted by Gasteiger charge is -2.24. The molecule has 0 aliphatic carbocycles. The van der Waals surface area contributed by atoms with E-state index in [0.717, 1.165) is 11.1 Å². The normalized spacial score (nSPS) is 15.8. The number of rotatable bonds is 5. The Balaban J connectivity index is 1.93. The van der Waals surface area contributed by atoms with E-state index in [1.165, 1.54) is 15.9 Å². The fourth-order valence-electron chi connectivity index (χ4n) is 3.62. The molecule has 32 heavy (non-hydrogen) atoms. The summed E-state index contributed by atoms with van der Waals surface area (Å²) in [6, 6.07) is 13.2. The first-order chi connectivity index (χ1) is 15.4. The second kappa shape index (κ2) is 8.84. The third kappa shape index (κ3) is 3.97. The van der Waals surface area contributed by atoms with Crippen molar-refractivity contribution < 1.29 is 19.4 Å². The fraction of sp³-hybridized carbons (Fsp3) is 0.208. The van der Waals surface area contributed by atoms with Gasteiger partial charge in [0.2, 0.25) is 0 Å². The summed E-state index contributed by atoms with van der Waals surface area (Å²) in [6.07, 6.45) is 1.75. The lowest BCUT2D eigenvalue weighted by Crippen LogP contribution is -2.39. The number of hydrogen-bond acceptors (Lipinski definition) is 7. The van der Waals surface area contributed by atoms with Crippen molar-refractivity contribution >= 4 is 23.4 Å². The number of phenolic OH excluding ortho intramolecular Hbond substituents is 1. The third-order valence-corrected chi connectivity index (χ3v) is 6.12. The van der Waals surface area contributed by atoms with Gasteiger partial charge in [0.05, 0.1) is 35.6 Å². The van der Waals surface area contributed by atoms with Crippen LogP contribution >= 0.6 is 11.3 Å². The summed E-state index contributed by atoms with van der Waals surface area (Å²) in [4.78, 5) is 31.4. The number of fused-ring (bicyclic) bond motifs is 1. The van der Waals surface area contributed by atoms with Crippen molar-refractivity contribution in [3.8, 4) is 11.5 Å². The molecular formula is C24H22N2O5S. The maximum atomic E-state index is 13.5. The molecule has 0 radical (unpaired) electrons. The highest BCUT2D eigenvalue weighted by molar-refractivity contribution is 7.07. The minimum atomic E-state index is -0.668. The Kier molecular flexibility index (Phi) is 5.96. The third-order valence-electron chi connectivity index (χ3n) is 5.14. The zero-order chi connectivity index (χ0) is 22.8. The summed E-state index contributed by atoms with van der Waals surface area (Å²) in [5.74, 6) is 0.326. The number of aromatic hydroxyl groups is 1. The minimum absolute atomic E-state index is 0.151. The van der Waals surface area contributed by atoms with Gasteiger partial charge in [-0.1, -0.05) is 35.6 Å². The Labute approximate surface area is 188 Å². The van der Waals surface area contributed by atoms with Gasteiger partial charge < -0.3 is 14.6 Å². The summed E-state index contributed by atoms with van der Waals surface area (Å²) in [5.41, 5.74) is 2.12. The first-order valence-electron chi connectivity index (χ1n) is 10.1. The van der Waals surface area contributed by atoms with Crippen molar-refractivity contribution in [2.24, 2.45) is 4.99 Å². The van der Waals surface area contributed by atoms with E-state index in [4.69, 9.17) is 9.47 Å². The van der Waals surface area contributed by atoms with Crippen molar-refractivity contribution in [1.82, 2.24) is 4.57 Å². The van der Waals surface area contributed by atoms with Crippen LogP contribution in [0.2, 0.25) is 0 Å². The van der Waals surface area contributed by atoms with E-state index < -0.39 is 12.0 Å². The number of phenols is 1. The molecule has 0 saturated carbocycles. The number of hydrogen-bond donors (Lipinski definition) is 1. The molecule has 0 bridgehead atoms. The van der Waals surface area contributed by atoms with Crippen LogP contribution in [-0.2, 0) is 9.53 Å². The Morgan fingerprint density at radius 1 is 1.19 bits per heavy atom. The van der Waals surface area contributed by atoms with Crippen molar-refractivity contribution in [3.05, 3.63) is 90.6 Å². The first kappa shape index (κ1) is 21.6. The zero-order valence-electron chi connectivity index (χ0n) is 17.9. The molecule has 1 aromatic heterocycles. The van der Waals surface area contributed by atoms with E-state index in [1.54, 1.807) is 63.4 Å². The van der Waals surface area contributed by atoms with Gasteiger partial charge in [-0.05, 0) is 55.3 Å². The highest BCUT2D eigenvalue weighted by atomic mass is 32.1. The smallest absolute Gasteiger partial charge is 0.338 e.